The largest absolute Gasteiger partial charge is 0.354 e. The molecule has 25 heavy (non-hydrogen) atoms. The summed E-state index contributed by atoms with van der Waals surface area (Å²) in [5.74, 6) is -0.123. The molecule has 132 valence electrons. The third-order valence-electron chi connectivity index (χ3n) is 5.13. The summed E-state index contributed by atoms with van der Waals surface area (Å²) >= 11 is 0. The average molecular weight is 362 g/mol. The van der Waals surface area contributed by atoms with Gasteiger partial charge in [0.15, 0.2) is 0 Å². The zero-order chi connectivity index (χ0) is 16.6. The first kappa shape index (κ1) is 17.8. The van der Waals surface area contributed by atoms with Crippen molar-refractivity contribution < 1.29 is 9.18 Å². The van der Waals surface area contributed by atoms with E-state index < -0.39 is 5.54 Å². The number of nitrogens with zero attached hydrogens (tertiary/aromatic N) is 1. The van der Waals surface area contributed by atoms with E-state index in [0.717, 1.165) is 49.0 Å². The summed E-state index contributed by atoms with van der Waals surface area (Å²) in [5.41, 5.74) is 2.47. The molecular weight excluding hydrogens is 341 g/mol. The van der Waals surface area contributed by atoms with Crippen LogP contribution in [0.5, 0.6) is 0 Å². The Balaban J connectivity index is 0.00000182. The van der Waals surface area contributed by atoms with Gasteiger partial charge in [0.05, 0.1) is 17.3 Å². The van der Waals surface area contributed by atoms with Crippen LogP contribution in [0.1, 0.15) is 37.4 Å². The van der Waals surface area contributed by atoms with Crippen LogP contribution in [0.4, 0.5) is 4.39 Å². The van der Waals surface area contributed by atoms with Crippen molar-refractivity contribution in [3.05, 3.63) is 54.1 Å². The summed E-state index contributed by atoms with van der Waals surface area (Å²) in [7, 11) is 0. The first-order valence-corrected chi connectivity index (χ1v) is 8.44. The Kier molecular flexibility index (Phi) is 5.06. The van der Waals surface area contributed by atoms with Crippen LogP contribution >= 0.6 is 12.4 Å². The Morgan fingerprint density at radius 2 is 1.92 bits per heavy atom. The number of amides is 1. The number of carbonyl (C=O) groups excluding carboxylic acids is 1. The molecule has 2 aliphatic rings. The monoisotopic (exact) mass is 361 g/mol. The molecule has 2 fully saturated rings. The highest BCUT2D eigenvalue weighted by atomic mass is 35.5. The minimum atomic E-state index is -0.434. The lowest BCUT2D eigenvalue weighted by atomic mass is 9.88. The molecule has 0 aliphatic carbocycles. The van der Waals surface area contributed by atoms with Gasteiger partial charge in [-0.15, -0.1) is 12.4 Å². The molecule has 0 unspecified atom stereocenters. The number of aromatic nitrogens is 1. The zero-order valence-corrected chi connectivity index (χ0v) is 14.6. The van der Waals surface area contributed by atoms with E-state index in [1.165, 1.54) is 12.1 Å². The number of nitrogens with one attached hydrogen (secondary N) is 2. The molecule has 1 amide bonds. The highest BCUT2D eigenvalue weighted by Crippen LogP contribution is 2.37. The normalized spacial score (nSPS) is 25.5. The van der Waals surface area contributed by atoms with Crippen LogP contribution in [0, 0.1) is 5.82 Å². The number of carbonyl (C=O) groups is 1. The molecule has 6 heteroatoms. The molecule has 1 aromatic heterocycles. The van der Waals surface area contributed by atoms with E-state index in [4.69, 9.17) is 0 Å². The van der Waals surface area contributed by atoms with Gasteiger partial charge in [-0.1, -0.05) is 12.1 Å². The molecule has 4 rings (SSSR count). The van der Waals surface area contributed by atoms with Crippen molar-refractivity contribution in [1.82, 2.24) is 15.6 Å². The molecule has 2 N–H and O–H groups in total. The molecule has 2 atom stereocenters. The second kappa shape index (κ2) is 7.10. The van der Waals surface area contributed by atoms with Crippen molar-refractivity contribution in [1.29, 1.82) is 0 Å². The first-order valence-electron chi connectivity index (χ1n) is 8.44. The predicted octanol–water partition coefficient (Wildman–Crippen LogP) is 3.38. The molecular formula is C19H21ClFN3O. The van der Waals surface area contributed by atoms with Crippen LogP contribution in [0.2, 0.25) is 0 Å². The van der Waals surface area contributed by atoms with E-state index in [-0.39, 0.29) is 30.2 Å². The SMILES string of the molecule is Cl.O=C1NCCC[C@]12CC[C@@H](c1cc(-c3ccc(F)cc3)ccn1)N2. The lowest BCUT2D eigenvalue weighted by Crippen LogP contribution is -2.57. The fourth-order valence-corrected chi connectivity index (χ4v) is 3.80. The Labute approximate surface area is 152 Å². The Hall–Kier alpha value is -1.98. The van der Waals surface area contributed by atoms with Gasteiger partial charge in [0.1, 0.15) is 5.82 Å². The number of rotatable bonds is 2. The maximum atomic E-state index is 13.1. The highest BCUT2D eigenvalue weighted by Gasteiger charge is 2.46. The quantitative estimate of drug-likeness (QED) is 0.862. The van der Waals surface area contributed by atoms with Crippen molar-refractivity contribution in [2.24, 2.45) is 0 Å². The summed E-state index contributed by atoms with van der Waals surface area (Å²) in [6.45, 7) is 0.769. The summed E-state index contributed by atoms with van der Waals surface area (Å²) in [4.78, 5) is 16.8. The molecule has 3 heterocycles. The van der Waals surface area contributed by atoms with Gasteiger partial charge < -0.3 is 5.32 Å². The van der Waals surface area contributed by atoms with Gasteiger partial charge in [0.2, 0.25) is 5.91 Å². The Morgan fingerprint density at radius 1 is 1.12 bits per heavy atom. The topological polar surface area (TPSA) is 54.0 Å². The van der Waals surface area contributed by atoms with Crippen molar-refractivity contribution in [2.75, 3.05) is 6.54 Å². The molecule has 0 radical (unpaired) electrons. The molecule has 2 aliphatic heterocycles. The molecule has 4 nitrogen and oxygen atoms in total. The summed E-state index contributed by atoms with van der Waals surface area (Å²) < 4.78 is 13.1. The molecule has 1 aromatic carbocycles. The van der Waals surface area contributed by atoms with Gasteiger partial charge in [-0.2, -0.15) is 0 Å². The van der Waals surface area contributed by atoms with Crippen molar-refractivity contribution in [2.45, 2.75) is 37.3 Å². The van der Waals surface area contributed by atoms with E-state index in [1.54, 1.807) is 18.3 Å². The standard InChI is InChI=1S/C19H20FN3O.ClH/c20-15-4-2-13(3-5-15)14-7-11-21-17(12-14)16-6-9-19(23-16)8-1-10-22-18(19)24;/h2-5,7,11-12,16,23H,1,6,8-10H2,(H,22,24);1H/t16-,19-;/m0./s1. The molecule has 1 spiro atoms. The lowest BCUT2D eigenvalue weighted by Gasteiger charge is -2.33. The minimum Gasteiger partial charge on any atom is -0.354 e. The second-order valence-electron chi connectivity index (χ2n) is 6.65. The van der Waals surface area contributed by atoms with Gasteiger partial charge in [0.25, 0.3) is 0 Å². The predicted molar refractivity (Wildman–Crippen MR) is 97.0 cm³/mol. The van der Waals surface area contributed by atoms with Gasteiger partial charge in [-0.25, -0.2) is 4.39 Å². The van der Waals surface area contributed by atoms with E-state index in [9.17, 15) is 9.18 Å². The van der Waals surface area contributed by atoms with Crippen LogP contribution in [0.25, 0.3) is 11.1 Å². The van der Waals surface area contributed by atoms with Crippen LogP contribution in [0.3, 0.4) is 0 Å². The number of hydrogen-bond donors (Lipinski definition) is 2. The third-order valence-corrected chi connectivity index (χ3v) is 5.13. The van der Waals surface area contributed by atoms with Gasteiger partial charge in [0, 0.05) is 12.7 Å². The number of pyridine rings is 1. The number of benzene rings is 1. The fraction of sp³-hybridized carbons (Fsp3) is 0.368. The third kappa shape index (κ3) is 3.39. The molecule has 0 bridgehead atoms. The summed E-state index contributed by atoms with van der Waals surface area (Å²) in [6, 6.07) is 10.5. The number of hydrogen-bond acceptors (Lipinski definition) is 3. The van der Waals surface area contributed by atoms with Crippen molar-refractivity contribution in [3.63, 3.8) is 0 Å². The zero-order valence-electron chi connectivity index (χ0n) is 13.8. The van der Waals surface area contributed by atoms with E-state index in [2.05, 4.69) is 15.6 Å². The molecule has 2 saturated heterocycles. The number of halogens is 2. The second-order valence-corrected chi connectivity index (χ2v) is 6.65. The van der Waals surface area contributed by atoms with E-state index >= 15 is 0 Å². The van der Waals surface area contributed by atoms with Gasteiger partial charge in [-0.05, 0) is 61.1 Å². The van der Waals surface area contributed by atoms with Crippen LogP contribution in [0.15, 0.2) is 42.6 Å². The summed E-state index contributed by atoms with van der Waals surface area (Å²) in [5, 5.41) is 6.50. The average Bonchev–Trinajstić information content (AvgIpc) is 3.04. The summed E-state index contributed by atoms with van der Waals surface area (Å²) in [6.07, 6.45) is 5.41. The maximum absolute atomic E-state index is 13.1. The maximum Gasteiger partial charge on any atom is 0.240 e. The van der Waals surface area contributed by atoms with Gasteiger partial charge >= 0.3 is 0 Å². The minimum absolute atomic E-state index is 0. The molecule has 2 aromatic rings. The highest BCUT2D eigenvalue weighted by molar-refractivity contribution is 5.87. The van der Waals surface area contributed by atoms with Crippen molar-refractivity contribution in [3.8, 4) is 11.1 Å². The van der Waals surface area contributed by atoms with Gasteiger partial charge in [-0.3, -0.25) is 15.1 Å². The van der Waals surface area contributed by atoms with E-state index in [1.807, 2.05) is 12.1 Å². The number of piperidine rings is 1. The molecule has 0 saturated carbocycles. The van der Waals surface area contributed by atoms with Crippen molar-refractivity contribution >= 4 is 18.3 Å². The smallest absolute Gasteiger partial charge is 0.240 e. The fourth-order valence-electron chi connectivity index (χ4n) is 3.80. The van der Waals surface area contributed by atoms with Crippen LogP contribution in [-0.2, 0) is 4.79 Å². The lowest BCUT2D eigenvalue weighted by molar-refractivity contribution is -0.129. The Morgan fingerprint density at radius 3 is 2.68 bits per heavy atom. The van der Waals surface area contributed by atoms with Crippen LogP contribution < -0.4 is 10.6 Å². The van der Waals surface area contributed by atoms with Crippen LogP contribution in [-0.4, -0.2) is 23.0 Å². The first-order chi connectivity index (χ1) is 11.7. The Bertz CT molecular complexity index is 768. The van der Waals surface area contributed by atoms with E-state index in [0.29, 0.717) is 0 Å².